The molecular weight excluding hydrogens is 366 g/mol. The first-order valence-corrected chi connectivity index (χ1v) is 9.66. The summed E-state index contributed by atoms with van der Waals surface area (Å²) in [5.41, 5.74) is 1.76. The Labute approximate surface area is 165 Å². The van der Waals surface area contributed by atoms with Crippen LogP contribution in [0.15, 0.2) is 29.8 Å². The number of anilines is 1. The molecule has 0 saturated carbocycles. The van der Waals surface area contributed by atoms with Gasteiger partial charge in [-0.05, 0) is 36.6 Å². The highest BCUT2D eigenvalue weighted by atomic mass is 35.5. The summed E-state index contributed by atoms with van der Waals surface area (Å²) >= 11 is 5.72. The Morgan fingerprint density at radius 2 is 1.52 bits per heavy atom. The van der Waals surface area contributed by atoms with E-state index >= 15 is 0 Å². The number of barbiturate groups is 1. The summed E-state index contributed by atoms with van der Waals surface area (Å²) in [7, 11) is 3.88. The first-order valence-electron chi connectivity index (χ1n) is 9.13. The summed E-state index contributed by atoms with van der Waals surface area (Å²) in [6, 6.07) is 6.96. The highest BCUT2D eigenvalue weighted by molar-refractivity contribution is 6.30. The van der Waals surface area contributed by atoms with E-state index in [0.717, 1.165) is 22.6 Å². The number of hydrogen-bond acceptors (Lipinski definition) is 4. The Kier molecular flexibility index (Phi) is 7.42. The molecule has 4 amide bonds. The van der Waals surface area contributed by atoms with Crippen LogP contribution in [0, 0.1) is 0 Å². The van der Waals surface area contributed by atoms with Crippen LogP contribution in [0.25, 0.3) is 6.08 Å². The van der Waals surface area contributed by atoms with E-state index in [0.29, 0.717) is 25.3 Å². The maximum Gasteiger partial charge on any atom is 0.333 e. The van der Waals surface area contributed by atoms with Crippen molar-refractivity contribution in [1.82, 2.24) is 9.80 Å². The molecule has 6 nitrogen and oxygen atoms in total. The molecule has 2 rings (SSSR count). The van der Waals surface area contributed by atoms with Gasteiger partial charge in [0.1, 0.15) is 5.57 Å². The van der Waals surface area contributed by atoms with Crippen molar-refractivity contribution in [1.29, 1.82) is 0 Å². The molecule has 1 aliphatic rings. The van der Waals surface area contributed by atoms with Crippen molar-refractivity contribution in [3.8, 4) is 0 Å². The second-order valence-corrected chi connectivity index (χ2v) is 7.01. The Balaban J connectivity index is 2.36. The van der Waals surface area contributed by atoms with E-state index in [4.69, 9.17) is 11.6 Å². The van der Waals surface area contributed by atoms with Gasteiger partial charge in [0.15, 0.2) is 0 Å². The second kappa shape index (κ2) is 9.55. The van der Waals surface area contributed by atoms with Crippen molar-refractivity contribution >= 4 is 41.2 Å². The largest absolute Gasteiger partial charge is 0.378 e. The maximum atomic E-state index is 12.8. The second-order valence-electron chi connectivity index (χ2n) is 6.64. The van der Waals surface area contributed by atoms with Crippen molar-refractivity contribution in [2.45, 2.75) is 26.2 Å². The van der Waals surface area contributed by atoms with Crippen LogP contribution in [0.2, 0.25) is 0 Å². The lowest BCUT2D eigenvalue weighted by Crippen LogP contribution is -2.56. The molecule has 1 fully saturated rings. The van der Waals surface area contributed by atoms with Crippen molar-refractivity contribution in [3.05, 3.63) is 35.4 Å². The highest BCUT2D eigenvalue weighted by Crippen LogP contribution is 2.22. The van der Waals surface area contributed by atoms with Gasteiger partial charge >= 0.3 is 6.03 Å². The van der Waals surface area contributed by atoms with Gasteiger partial charge in [-0.2, -0.15) is 0 Å². The minimum Gasteiger partial charge on any atom is -0.378 e. The van der Waals surface area contributed by atoms with Gasteiger partial charge in [0.25, 0.3) is 11.8 Å². The number of unbranched alkanes of at least 4 members (excludes halogenated alkanes) is 1. The molecule has 0 aromatic heterocycles. The van der Waals surface area contributed by atoms with Crippen LogP contribution in [0.1, 0.15) is 31.7 Å². The van der Waals surface area contributed by atoms with Crippen LogP contribution in [0.4, 0.5) is 10.5 Å². The normalized spacial score (nSPS) is 16.4. The third-order valence-electron chi connectivity index (χ3n) is 4.38. The number of amides is 4. The summed E-state index contributed by atoms with van der Waals surface area (Å²) in [6.07, 6.45) is 3.58. The molecule has 0 N–H and O–H groups in total. The molecule has 1 aliphatic heterocycles. The minimum absolute atomic E-state index is 0.0119. The average Bonchev–Trinajstić information content (AvgIpc) is 2.65. The van der Waals surface area contributed by atoms with Crippen LogP contribution in [0.3, 0.4) is 0 Å². The van der Waals surface area contributed by atoms with E-state index in [9.17, 15) is 14.4 Å². The van der Waals surface area contributed by atoms with Gasteiger partial charge in [0.2, 0.25) is 0 Å². The number of rotatable bonds is 8. The van der Waals surface area contributed by atoms with Gasteiger partial charge in [-0.3, -0.25) is 19.4 Å². The number of hydrogen-bond donors (Lipinski definition) is 0. The van der Waals surface area contributed by atoms with Crippen LogP contribution < -0.4 is 4.90 Å². The number of alkyl halides is 1. The molecule has 1 saturated heterocycles. The maximum absolute atomic E-state index is 12.8. The number of nitrogens with zero attached hydrogens (tertiary/aromatic N) is 3. The monoisotopic (exact) mass is 391 g/mol. The molecule has 0 spiro atoms. The molecule has 0 aliphatic carbocycles. The van der Waals surface area contributed by atoms with Gasteiger partial charge in [0, 0.05) is 38.8 Å². The van der Waals surface area contributed by atoms with E-state index in [1.165, 1.54) is 4.90 Å². The van der Waals surface area contributed by atoms with Crippen LogP contribution in [0.5, 0.6) is 0 Å². The standard InChI is InChI=1S/C20H26ClN3O3/c1-4-5-12-23-18(25)17(19(26)24(20(23)27)13-6-11-21)14-15-7-9-16(10-8-15)22(2)3/h7-10,14H,4-6,11-13H2,1-3H3. The topological polar surface area (TPSA) is 60.9 Å². The van der Waals surface area contributed by atoms with Crippen molar-refractivity contribution < 1.29 is 14.4 Å². The average molecular weight is 392 g/mol. The third-order valence-corrected chi connectivity index (χ3v) is 4.65. The number of urea groups is 1. The fourth-order valence-corrected chi connectivity index (χ4v) is 2.91. The number of imide groups is 2. The van der Waals surface area contributed by atoms with Crippen LogP contribution >= 0.6 is 11.6 Å². The first-order chi connectivity index (χ1) is 12.9. The molecule has 1 aromatic carbocycles. The Hall–Kier alpha value is -2.34. The summed E-state index contributed by atoms with van der Waals surface area (Å²) < 4.78 is 0. The molecule has 1 heterocycles. The van der Waals surface area contributed by atoms with Crippen LogP contribution in [-0.2, 0) is 9.59 Å². The molecular formula is C20H26ClN3O3. The summed E-state index contributed by atoms with van der Waals surface area (Å²) in [5.74, 6) is -0.748. The van der Waals surface area contributed by atoms with Gasteiger partial charge in [-0.1, -0.05) is 25.5 Å². The van der Waals surface area contributed by atoms with Crippen molar-refractivity contribution in [2.75, 3.05) is 38.0 Å². The SMILES string of the molecule is CCCCN1C(=O)C(=Cc2ccc(N(C)C)cc2)C(=O)N(CCCCl)C1=O. The summed E-state index contributed by atoms with van der Waals surface area (Å²) in [4.78, 5) is 42.5. The van der Waals surface area contributed by atoms with Crippen LogP contribution in [-0.4, -0.2) is 60.7 Å². The fourth-order valence-electron chi connectivity index (χ4n) is 2.79. The smallest absolute Gasteiger partial charge is 0.333 e. The van der Waals surface area contributed by atoms with E-state index in [2.05, 4.69) is 0 Å². The van der Waals surface area contributed by atoms with Gasteiger partial charge < -0.3 is 4.90 Å². The van der Waals surface area contributed by atoms with Gasteiger partial charge in [-0.15, -0.1) is 11.6 Å². The molecule has 0 radical (unpaired) electrons. The van der Waals surface area contributed by atoms with Crippen molar-refractivity contribution in [3.63, 3.8) is 0 Å². The van der Waals surface area contributed by atoms with E-state index in [-0.39, 0.29) is 12.1 Å². The zero-order valence-corrected chi connectivity index (χ0v) is 16.8. The van der Waals surface area contributed by atoms with E-state index < -0.39 is 17.8 Å². The molecule has 146 valence electrons. The van der Waals surface area contributed by atoms with Crippen molar-refractivity contribution in [2.24, 2.45) is 0 Å². The molecule has 0 bridgehead atoms. The zero-order valence-electron chi connectivity index (χ0n) is 16.1. The van der Waals surface area contributed by atoms with Gasteiger partial charge in [0.05, 0.1) is 0 Å². The minimum atomic E-state index is -0.556. The highest BCUT2D eigenvalue weighted by Gasteiger charge is 2.41. The predicted molar refractivity (Wildman–Crippen MR) is 108 cm³/mol. The number of carbonyl (C=O) groups is 3. The fraction of sp³-hybridized carbons (Fsp3) is 0.450. The van der Waals surface area contributed by atoms with Gasteiger partial charge in [-0.25, -0.2) is 4.79 Å². The Morgan fingerprint density at radius 3 is 2.00 bits per heavy atom. The lowest BCUT2D eigenvalue weighted by molar-refractivity contribution is -0.135. The third kappa shape index (κ3) is 4.89. The zero-order chi connectivity index (χ0) is 20.0. The number of carbonyl (C=O) groups excluding carboxylic acids is 3. The number of halogens is 1. The Bertz CT molecular complexity index is 696. The van der Waals surface area contributed by atoms with E-state index in [1.807, 2.05) is 50.2 Å². The quantitative estimate of drug-likeness (QED) is 0.387. The summed E-state index contributed by atoms with van der Waals surface area (Å²) in [5, 5.41) is 0. The summed E-state index contributed by atoms with van der Waals surface area (Å²) in [6.45, 7) is 2.49. The first kappa shape index (κ1) is 21.0. The predicted octanol–water partition coefficient (Wildman–Crippen LogP) is 3.36. The van der Waals surface area contributed by atoms with E-state index in [1.54, 1.807) is 6.08 Å². The Morgan fingerprint density at radius 1 is 0.963 bits per heavy atom. The molecule has 27 heavy (non-hydrogen) atoms. The number of benzene rings is 1. The molecule has 0 atom stereocenters. The lowest BCUT2D eigenvalue weighted by atomic mass is 10.1. The molecule has 0 unspecified atom stereocenters. The molecule has 7 heteroatoms. The lowest BCUT2D eigenvalue weighted by Gasteiger charge is -2.34. The molecule has 1 aromatic rings.